The van der Waals surface area contributed by atoms with E-state index >= 15 is 0 Å². The molecular formula is C22H17N3O4S. The Bertz CT molecular complexity index is 1170. The zero-order valence-electron chi connectivity index (χ0n) is 15.6. The van der Waals surface area contributed by atoms with Crippen LogP contribution >= 0.6 is 11.3 Å². The zero-order valence-corrected chi connectivity index (χ0v) is 16.5. The summed E-state index contributed by atoms with van der Waals surface area (Å²) in [6, 6.07) is 20.4. The van der Waals surface area contributed by atoms with Gasteiger partial charge in [-0.25, -0.2) is 4.98 Å². The number of fused-ring (bicyclic) bond motifs is 1. The van der Waals surface area contributed by atoms with E-state index in [4.69, 9.17) is 0 Å². The molecule has 0 aliphatic carbocycles. The number of hydrogen-bond acceptors (Lipinski definition) is 6. The van der Waals surface area contributed by atoms with E-state index < -0.39 is 5.91 Å². The molecule has 0 saturated heterocycles. The molecule has 0 radical (unpaired) electrons. The average molecular weight is 419 g/mol. The number of carbonyl (C=O) groups is 2. The van der Waals surface area contributed by atoms with Gasteiger partial charge in [0.15, 0.2) is 16.6 Å². The maximum atomic E-state index is 13.0. The molecule has 0 fully saturated rings. The number of nitrogens with zero attached hydrogens (tertiary/aromatic N) is 2. The predicted molar refractivity (Wildman–Crippen MR) is 116 cm³/mol. The number of phenolic OH excluding ortho intramolecular Hbond substituents is 2. The van der Waals surface area contributed by atoms with Crippen molar-refractivity contribution in [1.29, 1.82) is 0 Å². The zero-order chi connectivity index (χ0) is 21.1. The SMILES string of the molecule is O=C(CN(C(=O)c1ccccc1)c1ccccc1)Nc1nc2cc(O)c(O)cc2s1. The van der Waals surface area contributed by atoms with Crippen molar-refractivity contribution in [3.8, 4) is 11.5 Å². The van der Waals surface area contributed by atoms with Crippen LogP contribution in [0.5, 0.6) is 11.5 Å². The van der Waals surface area contributed by atoms with Gasteiger partial charge < -0.3 is 15.5 Å². The van der Waals surface area contributed by atoms with Gasteiger partial charge in [-0.1, -0.05) is 47.7 Å². The molecule has 0 atom stereocenters. The molecule has 0 saturated carbocycles. The number of rotatable bonds is 5. The molecule has 3 N–H and O–H groups in total. The summed E-state index contributed by atoms with van der Waals surface area (Å²) in [5.41, 5.74) is 1.52. The van der Waals surface area contributed by atoms with E-state index in [1.807, 2.05) is 12.1 Å². The lowest BCUT2D eigenvalue weighted by molar-refractivity contribution is -0.114. The van der Waals surface area contributed by atoms with Gasteiger partial charge in [-0.05, 0) is 24.3 Å². The Morgan fingerprint density at radius 3 is 2.27 bits per heavy atom. The van der Waals surface area contributed by atoms with Gasteiger partial charge in [0, 0.05) is 23.4 Å². The summed E-state index contributed by atoms with van der Waals surface area (Å²) in [6.07, 6.45) is 0. The second-order valence-corrected chi connectivity index (χ2v) is 7.50. The molecule has 8 heteroatoms. The van der Waals surface area contributed by atoms with E-state index in [-0.39, 0.29) is 24.0 Å². The maximum Gasteiger partial charge on any atom is 0.258 e. The second kappa shape index (κ2) is 8.22. The third-order valence-electron chi connectivity index (χ3n) is 4.37. The van der Waals surface area contributed by atoms with Gasteiger partial charge in [-0.3, -0.25) is 14.5 Å². The largest absolute Gasteiger partial charge is 0.504 e. The summed E-state index contributed by atoms with van der Waals surface area (Å²) >= 11 is 1.16. The number of para-hydroxylation sites is 1. The first-order valence-corrected chi connectivity index (χ1v) is 9.87. The fourth-order valence-corrected chi connectivity index (χ4v) is 3.83. The van der Waals surface area contributed by atoms with Gasteiger partial charge in [0.1, 0.15) is 6.54 Å². The van der Waals surface area contributed by atoms with Crippen molar-refractivity contribution in [2.45, 2.75) is 0 Å². The van der Waals surface area contributed by atoms with Crippen LogP contribution in [0, 0.1) is 0 Å². The number of phenols is 2. The third kappa shape index (κ3) is 4.08. The number of carbonyl (C=O) groups excluding carboxylic acids is 2. The summed E-state index contributed by atoms with van der Waals surface area (Å²) in [5, 5.41) is 22.2. The van der Waals surface area contributed by atoms with Crippen molar-refractivity contribution in [1.82, 2.24) is 4.98 Å². The maximum absolute atomic E-state index is 13.0. The van der Waals surface area contributed by atoms with Crippen LogP contribution in [0.15, 0.2) is 72.8 Å². The number of aromatic hydroxyl groups is 2. The fourth-order valence-electron chi connectivity index (χ4n) is 2.93. The third-order valence-corrected chi connectivity index (χ3v) is 5.30. The topological polar surface area (TPSA) is 103 Å². The highest BCUT2D eigenvalue weighted by Gasteiger charge is 2.21. The first-order chi connectivity index (χ1) is 14.5. The highest BCUT2D eigenvalue weighted by atomic mass is 32.1. The van der Waals surface area contributed by atoms with Crippen molar-refractivity contribution in [2.24, 2.45) is 0 Å². The van der Waals surface area contributed by atoms with Gasteiger partial charge in [0.25, 0.3) is 5.91 Å². The molecule has 2 amide bonds. The smallest absolute Gasteiger partial charge is 0.258 e. The van der Waals surface area contributed by atoms with Crippen molar-refractivity contribution < 1.29 is 19.8 Å². The lowest BCUT2D eigenvalue weighted by Crippen LogP contribution is -2.38. The number of thiazole rings is 1. The number of anilines is 2. The standard InChI is InChI=1S/C22H17N3O4S/c26-17-11-16-19(12-18(17)27)30-22(23-16)24-20(28)13-25(15-9-5-2-6-10-15)21(29)14-7-3-1-4-8-14/h1-12,26-27H,13H2,(H,23,24,28). The highest BCUT2D eigenvalue weighted by molar-refractivity contribution is 7.22. The normalized spacial score (nSPS) is 10.7. The minimum atomic E-state index is -0.421. The summed E-state index contributed by atoms with van der Waals surface area (Å²) < 4.78 is 0.612. The van der Waals surface area contributed by atoms with E-state index in [9.17, 15) is 19.8 Å². The summed E-state index contributed by atoms with van der Waals surface area (Å²) in [7, 11) is 0. The Labute approximate surface area is 175 Å². The van der Waals surface area contributed by atoms with Crippen molar-refractivity contribution in [3.05, 3.63) is 78.4 Å². The Morgan fingerprint density at radius 2 is 1.57 bits per heavy atom. The van der Waals surface area contributed by atoms with E-state index in [1.54, 1.807) is 48.5 Å². The molecule has 0 unspecified atom stereocenters. The molecule has 4 rings (SSSR count). The Morgan fingerprint density at radius 1 is 0.933 bits per heavy atom. The van der Waals surface area contributed by atoms with Gasteiger partial charge in [0.2, 0.25) is 5.91 Å². The highest BCUT2D eigenvalue weighted by Crippen LogP contribution is 2.34. The van der Waals surface area contributed by atoms with Crippen LogP contribution in [-0.4, -0.2) is 33.6 Å². The first-order valence-electron chi connectivity index (χ1n) is 9.05. The Balaban J connectivity index is 1.57. The van der Waals surface area contributed by atoms with E-state index in [0.717, 1.165) is 11.3 Å². The number of nitrogens with one attached hydrogen (secondary N) is 1. The van der Waals surface area contributed by atoms with E-state index in [1.165, 1.54) is 17.0 Å². The number of amides is 2. The van der Waals surface area contributed by atoms with Crippen LogP contribution in [0.25, 0.3) is 10.2 Å². The lowest BCUT2D eigenvalue weighted by Gasteiger charge is -2.22. The molecule has 0 bridgehead atoms. The van der Waals surface area contributed by atoms with Gasteiger partial charge >= 0.3 is 0 Å². The Hall–Kier alpha value is -3.91. The van der Waals surface area contributed by atoms with Crippen LogP contribution in [0.1, 0.15) is 10.4 Å². The van der Waals surface area contributed by atoms with Crippen LogP contribution in [0.4, 0.5) is 10.8 Å². The average Bonchev–Trinajstić information content (AvgIpc) is 3.13. The first kappa shape index (κ1) is 19.4. The van der Waals surface area contributed by atoms with Crippen molar-refractivity contribution in [3.63, 3.8) is 0 Å². The fraction of sp³-hybridized carbons (Fsp3) is 0.0455. The van der Waals surface area contributed by atoms with Crippen molar-refractivity contribution >= 4 is 44.2 Å². The molecule has 3 aromatic carbocycles. The van der Waals surface area contributed by atoms with Gasteiger partial charge in [-0.15, -0.1) is 0 Å². The molecule has 4 aromatic rings. The molecular weight excluding hydrogens is 402 g/mol. The molecule has 1 heterocycles. The van der Waals surface area contributed by atoms with Gasteiger partial charge in [-0.2, -0.15) is 0 Å². The van der Waals surface area contributed by atoms with Crippen LogP contribution in [-0.2, 0) is 4.79 Å². The number of aromatic nitrogens is 1. The van der Waals surface area contributed by atoms with Crippen molar-refractivity contribution in [2.75, 3.05) is 16.8 Å². The predicted octanol–water partition coefficient (Wildman–Crippen LogP) is 3.99. The molecule has 0 spiro atoms. The molecule has 1 aromatic heterocycles. The van der Waals surface area contributed by atoms with Crippen LogP contribution in [0.2, 0.25) is 0 Å². The summed E-state index contributed by atoms with van der Waals surface area (Å²) in [5.74, 6) is -1.26. The Kier molecular flexibility index (Phi) is 5.32. The summed E-state index contributed by atoms with van der Waals surface area (Å²) in [4.78, 5) is 31.4. The van der Waals surface area contributed by atoms with Crippen LogP contribution in [0.3, 0.4) is 0 Å². The van der Waals surface area contributed by atoms with Gasteiger partial charge in [0.05, 0.1) is 10.2 Å². The quantitative estimate of drug-likeness (QED) is 0.425. The molecule has 7 nitrogen and oxygen atoms in total. The second-order valence-electron chi connectivity index (χ2n) is 6.47. The number of benzene rings is 3. The number of hydrogen-bond donors (Lipinski definition) is 3. The minimum absolute atomic E-state index is 0.204. The monoisotopic (exact) mass is 419 g/mol. The molecule has 0 aliphatic heterocycles. The van der Waals surface area contributed by atoms with Crippen LogP contribution < -0.4 is 10.2 Å². The summed E-state index contributed by atoms with van der Waals surface area (Å²) in [6.45, 7) is -0.204. The minimum Gasteiger partial charge on any atom is -0.504 e. The molecule has 150 valence electrons. The van der Waals surface area contributed by atoms with E-state index in [2.05, 4.69) is 10.3 Å². The molecule has 30 heavy (non-hydrogen) atoms. The van der Waals surface area contributed by atoms with E-state index in [0.29, 0.717) is 26.6 Å². The molecule has 0 aliphatic rings. The lowest BCUT2D eigenvalue weighted by atomic mass is 10.2.